The van der Waals surface area contributed by atoms with Crippen LogP contribution in [0.4, 0.5) is 0 Å². The van der Waals surface area contributed by atoms with Crippen LogP contribution in [0.1, 0.15) is 42.0 Å². The zero-order chi connectivity index (χ0) is 17.1. The van der Waals surface area contributed by atoms with E-state index in [-0.39, 0.29) is 5.56 Å². The van der Waals surface area contributed by atoms with Gasteiger partial charge in [-0.05, 0) is 34.6 Å². The fraction of sp³-hybridized carbons (Fsp3) is 0.190. The minimum Gasteiger partial charge on any atom is -0.192 e. The number of nitrogens with zero attached hydrogens (tertiary/aromatic N) is 3. The van der Waals surface area contributed by atoms with Gasteiger partial charge in [0.15, 0.2) is 0 Å². The van der Waals surface area contributed by atoms with Crippen molar-refractivity contribution in [2.24, 2.45) is 0 Å². The van der Waals surface area contributed by atoms with Crippen LogP contribution in [0.25, 0.3) is 21.5 Å². The van der Waals surface area contributed by atoms with Crippen molar-refractivity contribution >= 4 is 21.5 Å². The van der Waals surface area contributed by atoms with Crippen molar-refractivity contribution in [2.45, 2.75) is 26.2 Å². The van der Waals surface area contributed by atoms with Gasteiger partial charge in [-0.2, -0.15) is 15.8 Å². The van der Waals surface area contributed by atoms with Crippen LogP contribution in [0.3, 0.4) is 0 Å². The highest BCUT2D eigenvalue weighted by molar-refractivity contribution is 6.12. The third-order valence-electron chi connectivity index (χ3n) is 4.42. The highest BCUT2D eigenvalue weighted by Crippen LogP contribution is 2.35. The summed E-state index contributed by atoms with van der Waals surface area (Å²) in [5.74, 6) is 0. The summed E-state index contributed by atoms with van der Waals surface area (Å²) in [4.78, 5) is 0. The molecule has 114 valence electrons. The Morgan fingerprint density at radius 2 is 1.50 bits per heavy atom. The molecule has 0 saturated carbocycles. The maximum atomic E-state index is 9.67. The van der Waals surface area contributed by atoms with E-state index in [1.54, 1.807) is 0 Å². The summed E-state index contributed by atoms with van der Waals surface area (Å²) in [6.07, 6.45) is 2.66. The predicted molar refractivity (Wildman–Crippen MR) is 94.2 cm³/mol. The molecule has 0 unspecified atom stereocenters. The molecule has 0 saturated heterocycles. The van der Waals surface area contributed by atoms with E-state index in [4.69, 9.17) is 0 Å². The maximum absolute atomic E-state index is 9.67. The first-order valence-electron chi connectivity index (χ1n) is 7.97. The summed E-state index contributed by atoms with van der Waals surface area (Å²) in [7, 11) is 0. The maximum Gasteiger partial charge on any atom is 0.102 e. The number of hydrogen-bond donors (Lipinski definition) is 0. The van der Waals surface area contributed by atoms with Crippen molar-refractivity contribution < 1.29 is 0 Å². The van der Waals surface area contributed by atoms with E-state index in [1.165, 1.54) is 0 Å². The number of rotatable bonds is 3. The lowest BCUT2D eigenvalue weighted by Crippen LogP contribution is -2.01. The Morgan fingerprint density at radius 3 is 2.17 bits per heavy atom. The molecule has 0 spiro atoms. The minimum atomic E-state index is 0.203. The second-order valence-corrected chi connectivity index (χ2v) is 5.75. The van der Waals surface area contributed by atoms with Crippen LogP contribution in [0.15, 0.2) is 36.4 Å². The van der Waals surface area contributed by atoms with Crippen LogP contribution < -0.4 is 0 Å². The number of unbranched alkanes of at least 4 members (excludes halogenated alkanes) is 1. The predicted octanol–water partition coefficient (Wildman–Crippen LogP) is 4.95. The van der Waals surface area contributed by atoms with Gasteiger partial charge in [-0.1, -0.05) is 49.7 Å². The number of fused-ring (bicyclic) bond motifs is 3. The summed E-state index contributed by atoms with van der Waals surface area (Å²) >= 11 is 0. The zero-order valence-corrected chi connectivity index (χ0v) is 13.4. The highest BCUT2D eigenvalue weighted by Gasteiger charge is 2.20. The van der Waals surface area contributed by atoms with Crippen LogP contribution in [0.2, 0.25) is 0 Å². The van der Waals surface area contributed by atoms with Gasteiger partial charge in [0.25, 0.3) is 0 Å². The smallest absolute Gasteiger partial charge is 0.102 e. The number of nitriles is 3. The molecule has 0 heterocycles. The molecule has 3 aromatic rings. The summed E-state index contributed by atoms with van der Waals surface area (Å²) in [6, 6.07) is 18.2. The Morgan fingerprint density at radius 1 is 0.792 bits per heavy atom. The fourth-order valence-electron chi connectivity index (χ4n) is 3.30. The van der Waals surface area contributed by atoms with Crippen molar-refractivity contribution in [3.05, 3.63) is 58.7 Å². The first kappa shape index (κ1) is 15.5. The van der Waals surface area contributed by atoms with Gasteiger partial charge in [-0.3, -0.25) is 0 Å². The first-order valence-corrected chi connectivity index (χ1v) is 7.97. The lowest BCUT2D eigenvalue weighted by Gasteiger charge is -2.15. The third kappa shape index (κ3) is 2.26. The lowest BCUT2D eigenvalue weighted by atomic mass is 9.86. The largest absolute Gasteiger partial charge is 0.192 e. The average Bonchev–Trinajstić information content (AvgIpc) is 2.64. The van der Waals surface area contributed by atoms with Crippen molar-refractivity contribution in [1.82, 2.24) is 0 Å². The monoisotopic (exact) mass is 309 g/mol. The van der Waals surface area contributed by atoms with E-state index in [9.17, 15) is 15.8 Å². The minimum absolute atomic E-state index is 0.203. The van der Waals surface area contributed by atoms with Crippen molar-refractivity contribution in [2.75, 3.05) is 0 Å². The molecule has 0 atom stereocenters. The third-order valence-corrected chi connectivity index (χ3v) is 4.42. The normalized spacial score (nSPS) is 10.2. The molecule has 3 aromatic carbocycles. The molecule has 0 aliphatic rings. The number of hydrogen-bond acceptors (Lipinski definition) is 3. The van der Waals surface area contributed by atoms with E-state index in [0.29, 0.717) is 11.1 Å². The lowest BCUT2D eigenvalue weighted by molar-refractivity contribution is 0.797. The van der Waals surface area contributed by atoms with E-state index in [0.717, 1.165) is 46.4 Å². The van der Waals surface area contributed by atoms with Crippen LogP contribution in [-0.4, -0.2) is 0 Å². The first-order chi connectivity index (χ1) is 11.8. The van der Waals surface area contributed by atoms with Crippen LogP contribution in [0.5, 0.6) is 0 Å². The molecule has 3 heteroatoms. The quantitative estimate of drug-likeness (QED) is 0.642. The second-order valence-electron chi connectivity index (χ2n) is 5.75. The van der Waals surface area contributed by atoms with E-state index in [2.05, 4.69) is 25.1 Å². The SMILES string of the molecule is CCCCc1c(C#N)c(C#N)c(C#N)c2ccc3ccccc3c12. The summed E-state index contributed by atoms with van der Waals surface area (Å²) < 4.78 is 0. The Labute approximate surface area is 141 Å². The van der Waals surface area contributed by atoms with Gasteiger partial charge in [0.1, 0.15) is 18.2 Å². The molecule has 0 aliphatic carbocycles. The van der Waals surface area contributed by atoms with E-state index in [1.807, 2.05) is 36.4 Å². The Hall–Kier alpha value is -3.35. The molecule has 0 fully saturated rings. The second kappa shape index (κ2) is 6.41. The molecule has 3 nitrogen and oxygen atoms in total. The van der Waals surface area contributed by atoms with E-state index >= 15 is 0 Å². The van der Waals surface area contributed by atoms with E-state index < -0.39 is 0 Å². The molecule has 0 amide bonds. The zero-order valence-electron chi connectivity index (χ0n) is 13.4. The van der Waals surface area contributed by atoms with Crippen molar-refractivity contribution in [3.63, 3.8) is 0 Å². The Bertz CT molecular complexity index is 1070. The molecular weight excluding hydrogens is 294 g/mol. The van der Waals surface area contributed by atoms with Gasteiger partial charge in [-0.25, -0.2) is 0 Å². The van der Waals surface area contributed by atoms with Crippen molar-refractivity contribution in [3.8, 4) is 18.2 Å². The van der Waals surface area contributed by atoms with Gasteiger partial charge in [0, 0.05) is 5.39 Å². The molecule has 0 N–H and O–H groups in total. The Kier molecular flexibility index (Phi) is 4.15. The van der Waals surface area contributed by atoms with Crippen LogP contribution in [-0.2, 0) is 6.42 Å². The summed E-state index contributed by atoms with van der Waals surface area (Å²) in [6.45, 7) is 2.10. The molecule has 0 bridgehead atoms. The number of aryl methyl sites for hydroxylation is 1. The van der Waals surface area contributed by atoms with Crippen molar-refractivity contribution in [1.29, 1.82) is 15.8 Å². The van der Waals surface area contributed by atoms with Gasteiger partial charge in [0.05, 0.1) is 16.7 Å². The van der Waals surface area contributed by atoms with Gasteiger partial charge < -0.3 is 0 Å². The molecule has 0 aliphatic heterocycles. The standard InChI is InChI=1S/C21H15N3/c1-2-3-7-16-18(11-22)20(13-24)19(12-23)17-10-9-14-6-4-5-8-15(14)21(16)17/h4-6,8-10H,2-3,7H2,1H3. The molecular formula is C21H15N3. The van der Waals surface area contributed by atoms with Gasteiger partial charge >= 0.3 is 0 Å². The van der Waals surface area contributed by atoms with Crippen LogP contribution >= 0.6 is 0 Å². The number of benzene rings is 3. The molecule has 24 heavy (non-hydrogen) atoms. The molecule has 0 radical (unpaired) electrons. The summed E-state index contributed by atoms with van der Waals surface area (Å²) in [5.41, 5.74) is 1.75. The molecule has 0 aromatic heterocycles. The Balaban J connectivity index is 2.61. The topological polar surface area (TPSA) is 71.4 Å². The highest BCUT2D eigenvalue weighted by atomic mass is 14.3. The van der Waals surface area contributed by atoms with Crippen LogP contribution in [0, 0.1) is 34.0 Å². The average molecular weight is 309 g/mol. The van der Waals surface area contributed by atoms with Gasteiger partial charge in [-0.15, -0.1) is 0 Å². The summed E-state index contributed by atoms with van der Waals surface area (Å²) in [5, 5.41) is 32.6. The molecule has 3 rings (SSSR count). The fourth-order valence-corrected chi connectivity index (χ4v) is 3.30. The van der Waals surface area contributed by atoms with Gasteiger partial charge in [0.2, 0.25) is 0 Å².